The number of ether oxygens (including phenoxy) is 1. The maximum Gasteiger partial charge on any atom is 0.227 e. The first-order chi connectivity index (χ1) is 16.1. The number of carbonyl (C=O) groups excluding carboxylic acids is 1. The molecule has 0 saturated carbocycles. The number of hydrogen-bond donors (Lipinski definition) is 0. The number of hydrogen-bond acceptors (Lipinski definition) is 7. The fourth-order valence-electron chi connectivity index (χ4n) is 4.97. The lowest BCUT2D eigenvalue weighted by molar-refractivity contribution is -0.131. The van der Waals surface area contributed by atoms with Crippen LogP contribution in [-0.2, 0) is 24.2 Å². The zero-order chi connectivity index (χ0) is 22.8. The van der Waals surface area contributed by atoms with Crippen molar-refractivity contribution in [1.29, 1.82) is 0 Å². The third-order valence-electron chi connectivity index (χ3n) is 7.09. The van der Waals surface area contributed by atoms with E-state index in [1.54, 1.807) is 7.11 Å². The number of nitrogens with zero attached hydrogens (tertiary/aromatic N) is 6. The average molecular weight is 451 g/mol. The van der Waals surface area contributed by atoms with Crippen LogP contribution in [0.3, 0.4) is 0 Å². The van der Waals surface area contributed by atoms with Gasteiger partial charge in [0.15, 0.2) is 0 Å². The topological polar surface area (TPSA) is 65.0 Å². The lowest BCUT2D eigenvalue weighted by atomic mass is 10.0. The van der Waals surface area contributed by atoms with Gasteiger partial charge in [-0.1, -0.05) is 12.1 Å². The molecule has 5 rings (SSSR count). The van der Waals surface area contributed by atoms with Crippen LogP contribution in [-0.4, -0.2) is 85.6 Å². The Balaban J connectivity index is 1.38. The summed E-state index contributed by atoms with van der Waals surface area (Å²) in [5.74, 6) is 2.87. The van der Waals surface area contributed by atoms with E-state index < -0.39 is 0 Å². The highest BCUT2D eigenvalue weighted by Gasteiger charge is 2.30. The highest BCUT2D eigenvalue weighted by Crippen LogP contribution is 2.31. The molecule has 0 radical (unpaired) electrons. The monoisotopic (exact) mass is 450 g/mol. The van der Waals surface area contributed by atoms with E-state index in [1.807, 2.05) is 29.2 Å². The van der Waals surface area contributed by atoms with Crippen LogP contribution in [0.4, 0.5) is 11.8 Å². The molecule has 1 amide bonds. The van der Waals surface area contributed by atoms with E-state index in [2.05, 4.69) is 21.7 Å². The van der Waals surface area contributed by atoms with Gasteiger partial charge in [-0.3, -0.25) is 4.79 Å². The minimum atomic E-state index is 0.152. The van der Waals surface area contributed by atoms with Crippen LogP contribution in [0.25, 0.3) is 0 Å². The third-order valence-corrected chi connectivity index (χ3v) is 7.09. The molecule has 0 N–H and O–H groups in total. The molecule has 0 spiro atoms. The molecule has 4 heterocycles. The Labute approximate surface area is 196 Å². The Hall–Kier alpha value is -2.87. The van der Waals surface area contributed by atoms with Crippen molar-refractivity contribution in [3.63, 3.8) is 0 Å². The zero-order valence-electron chi connectivity index (χ0n) is 19.8. The van der Waals surface area contributed by atoms with E-state index in [9.17, 15) is 4.79 Å². The number of fused-ring (bicyclic) bond motifs is 1. The predicted octanol–water partition coefficient (Wildman–Crippen LogP) is 1.96. The number of piperazine rings is 1. The molecule has 8 heteroatoms. The van der Waals surface area contributed by atoms with Gasteiger partial charge < -0.3 is 24.3 Å². The van der Waals surface area contributed by atoms with Crippen molar-refractivity contribution in [2.75, 3.05) is 69.8 Å². The molecule has 0 bridgehead atoms. The number of anilines is 2. The molecular weight excluding hydrogens is 416 g/mol. The summed E-state index contributed by atoms with van der Waals surface area (Å²) in [7, 11) is 3.82. The van der Waals surface area contributed by atoms with E-state index in [0.717, 1.165) is 80.0 Å². The molecule has 2 saturated heterocycles. The number of carbonyl (C=O) groups is 1. The molecule has 8 nitrogen and oxygen atoms in total. The van der Waals surface area contributed by atoms with Gasteiger partial charge in [-0.2, -0.15) is 4.98 Å². The Kier molecular flexibility index (Phi) is 6.35. The Bertz CT molecular complexity index is 981. The van der Waals surface area contributed by atoms with E-state index in [1.165, 1.54) is 12.8 Å². The third kappa shape index (κ3) is 4.76. The molecule has 3 aliphatic heterocycles. The number of aromatic nitrogens is 2. The van der Waals surface area contributed by atoms with Gasteiger partial charge in [0.1, 0.15) is 11.6 Å². The van der Waals surface area contributed by atoms with E-state index in [-0.39, 0.29) is 5.91 Å². The summed E-state index contributed by atoms with van der Waals surface area (Å²) in [6.45, 7) is 7.34. The summed E-state index contributed by atoms with van der Waals surface area (Å²) in [4.78, 5) is 32.3. The van der Waals surface area contributed by atoms with Crippen molar-refractivity contribution < 1.29 is 9.53 Å². The summed E-state index contributed by atoms with van der Waals surface area (Å²) in [6.07, 6.45) is 3.60. The fraction of sp³-hybridized carbons (Fsp3) is 0.560. The van der Waals surface area contributed by atoms with E-state index in [4.69, 9.17) is 14.7 Å². The second-order valence-corrected chi connectivity index (χ2v) is 9.35. The predicted molar refractivity (Wildman–Crippen MR) is 129 cm³/mol. The van der Waals surface area contributed by atoms with Crippen LogP contribution in [0, 0.1) is 0 Å². The number of methoxy groups -OCH3 is 1. The molecule has 2 fully saturated rings. The van der Waals surface area contributed by atoms with Crippen molar-refractivity contribution >= 4 is 17.7 Å². The highest BCUT2D eigenvalue weighted by molar-refractivity contribution is 5.79. The molecule has 0 aliphatic carbocycles. The van der Waals surface area contributed by atoms with Crippen LogP contribution in [0.5, 0.6) is 5.75 Å². The second-order valence-electron chi connectivity index (χ2n) is 9.35. The normalized spacial score (nSPS) is 19.0. The van der Waals surface area contributed by atoms with Gasteiger partial charge in [-0.05, 0) is 37.6 Å². The maximum atomic E-state index is 13.2. The van der Waals surface area contributed by atoms with Crippen LogP contribution in [0.1, 0.15) is 29.7 Å². The Morgan fingerprint density at radius 1 is 0.939 bits per heavy atom. The SMILES string of the molecule is COc1ccc(CC(=O)N2CCc3nc(N4CCCC4)nc(N4CCN(C)CC4)c3C2)cc1. The van der Waals surface area contributed by atoms with Crippen molar-refractivity contribution in [3.8, 4) is 5.75 Å². The molecule has 33 heavy (non-hydrogen) atoms. The Morgan fingerprint density at radius 3 is 2.36 bits per heavy atom. The molecule has 3 aliphatic rings. The lowest BCUT2D eigenvalue weighted by Gasteiger charge is -2.37. The quantitative estimate of drug-likeness (QED) is 0.690. The number of benzene rings is 1. The summed E-state index contributed by atoms with van der Waals surface area (Å²) in [5, 5.41) is 0. The number of rotatable bonds is 5. The molecule has 176 valence electrons. The number of likely N-dealkylation sites (N-methyl/N-ethyl adjacent to an activating group) is 1. The van der Waals surface area contributed by atoms with Crippen LogP contribution < -0.4 is 14.5 Å². The summed E-state index contributed by atoms with van der Waals surface area (Å²) in [6, 6.07) is 7.76. The first kappa shape index (κ1) is 21.9. The van der Waals surface area contributed by atoms with Gasteiger partial charge in [0.05, 0.1) is 25.8 Å². The molecule has 1 aromatic carbocycles. The lowest BCUT2D eigenvalue weighted by Crippen LogP contribution is -2.46. The first-order valence-corrected chi connectivity index (χ1v) is 12.1. The largest absolute Gasteiger partial charge is 0.497 e. The van der Waals surface area contributed by atoms with Crippen LogP contribution in [0.15, 0.2) is 24.3 Å². The van der Waals surface area contributed by atoms with E-state index >= 15 is 0 Å². The van der Waals surface area contributed by atoms with Gasteiger partial charge >= 0.3 is 0 Å². The van der Waals surface area contributed by atoms with Crippen molar-refractivity contribution in [1.82, 2.24) is 19.8 Å². The molecule has 1 aromatic heterocycles. The molecule has 0 atom stereocenters. The maximum absolute atomic E-state index is 13.2. The highest BCUT2D eigenvalue weighted by atomic mass is 16.5. The van der Waals surface area contributed by atoms with Crippen LogP contribution in [0.2, 0.25) is 0 Å². The van der Waals surface area contributed by atoms with Gasteiger partial charge in [0.25, 0.3) is 0 Å². The minimum Gasteiger partial charge on any atom is -0.497 e. The van der Waals surface area contributed by atoms with Gasteiger partial charge in [0, 0.05) is 57.8 Å². The van der Waals surface area contributed by atoms with Crippen molar-refractivity contribution in [2.24, 2.45) is 0 Å². The van der Waals surface area contributed by atoms with Crippen molar-refractivity contribution in [2.45, 2.75) is 32.2 Å². The summed E-state index contributed by atoms with van der Waals surface area (Å²) < 4.78 is 5.23. The smallest absolute Gasteiger partial charge is 0.227 e. The molecular formula is C25H34N6O2. The molecule has 0 unspecified atom stereocenters. The van der Waals surface area contributed by atoms with E-state index in [0.29, 0.717) is 19.5 Å². The summed E-state index contributed by atoms with van der Waals surface area (Å²) >= 11 is 0. The fourth-order valence-corrected chi connectivity index (χ4v) is 4.97. The first-order valence-electron chi connectivity index (χ1n) is 12.1. The minimum absolute atomic E-state index is 0.152. The van der Waals surface area contributed by atoms with Crippen LogP contribution >= 0.6 is 0 Å². The summed E-state index contributed by atoms with van der Waals surface area (Å²) in [5.41, 5.74) is 3.26. The zero-order valence-corrected chi connectivity index (χ0v) is 19.8. The Morgan fingerprint density at radius 2 is 1.67 bits per heavy atom. The number of amides is 1. The molecule has 2 aromatic rings. The van der Waals surface area contributed by atoms with Gasteiger partial charge in [-0.25, -0.2) is 4.98 Å². The standard InChI is InChI=1S/C25H34N6O2/c1-28-13-15-29(16-14-28)24-21-18-31(23(32)17-19-5-7-20(33-2)8-6-19)12-9-22(21)26-25(27-24)30-10-3-4-11-30/h5-8H,3-4,9-18H2,1-2H3. The van der Waals surface area contributed by atoms with Crippen molar-refractivity contribution in [3.05, 3.63) is 41.1 Å². The second kappa shape index (κ2) is 9.55. The average Bonchev–Trinajstić information content (AvgIpc) is 3.39. The van der Waals surface area contributed by atoms with Gasteiger partial charge in [-0.15, -0.1) is 0 Å². The van der Waals surface area contributed by atoms with Gasteiger partial charge in [0.2, 0.25) is 11.9 Å².